The fourth-order valence-electron chi connectivity index (χ4n) is 5.46. The van der Waals surface area contributed by atoms with Crippen molar-refractivity contribution < 1.29 is 28.9 Å². The minimum atomic E-state index is -0.704. The average Bonchev–Trinajstić information content (AvgIpc) is 3.67. The number of fused-ring (bicyclic) bond motifs is 3. The summed E-state index contributed by atoms with van der Waals surface area (Å²) >= 11 is 0. The molecule has 3 aliphatic carbocycles. The van der Waals surface area contributed by atoms with Crippen molar-refractivity contribution in [3.05, 3.63) is 124 Å². The highest BCUT2D eigenvalue weighted by atomic mass is 17.2. The molecule has 3 unspecified atom stereocenters. The van der Waals surface area contributed by atoms with Crippen LogP contribution in [0.3, 0.4) is 0 Å². The monoisotopic (exact) mass is 533 g/mol. The first-order valence-electron chi connectivity index (χ1n) is 13.3. The van der Waals surface area contributed by atoms with Gasteiger partial charge in [-0.1, -0.05) is 109 Å². The highest BCUT2D eigenvalue weighted by Crippen LogP contribution is 2.35. The Morgan fingerprint density at radius 3 is 1.12 bits per heavy atom. The maximum atomic E-state index is 12.9. The molecule has 3 aliphatic rings. The van der Waals surface area contributed by atoms with Crippen LogP contribution >= 0.6 is 0 Å². The third-order valence-corrected chi connectivity index (χ3v) is 7.40. The zero-order valence-electron chi connectivity index (χ0n) is 21.6. The topological polar surface area (TPSA) is 82.1 Å². The van der Waals surface area contributed by atoms with Crippen molar-refractivity contribution in [3.8, 4) is 0 Å². The van der Waals surface area contributed by atoms with E-state index in [-0.39, 0.29) is 42.4 Å². The molecule has 6 rings (SSSR count). The summed E-state index contributed by atoms with van der Waals surface area (Å²) in [6.07, 6.45) is 11.6. The standard InChI is InChI=1S/C33H27NO6/c35-31(19-25-16-13-22-7-1-4-10-28(22)25)38-34(39-32(36)20-26-17-14-23-8-2-5-11-29(23)26)40-33(37)21-27-18-15-24-9-3-6-12-30(24)27/h1-18,25-27H,19-21H2. The Balaban J connectivity index is 1.12. The first kappa shape index (κ1) is 25.5. The van der Waals surface area contributed by atoms with Crippen molar-refractivity contribution in [3.63, 3.8) is 0 Å². The van der Waals surface area contributed by atoms with Crippen LogP contribution in [-0.2, 0) is 28.9 Å². The van der Waals surface area contributed by atoms with Gasteiger partial charge in [-0.25, -0.2) is 0 Å². The number of rotatable bonds is 9. The molecule has 3 aromatic rings. The second-order valence-electron chi connectivity index (χ2n) is 10.0. The Hall–Kier alpha value is -4.75. The summed E-state index contributed by atoms with van der Waals surface area (Å²) in [5.74, 6) is -2.70. The Bertz CT molecular complexity index is 1370. The average molecular weight is 534 g/mol. The number of allylic oxidation sites excluding steroid dienone is 3. The van der Waals surface area contributed by atoms with Crippen LogP contribution in [-0.4, -0.2) is 23.3 Å². The van der Waals surface area contributed by atoms with Crippen LogP contribution in [0.25, 0.3) is 18.2 Å². The molecular formula is C33H27NO6. The van der Waals surface area contributed by atoms with Gasteiger partial charge in [0.05, 0.1) is 19.3 Å². The Morgan fingerprint density at radius 1 is 0.500 bits per heavy atom. The van der Waals surface area contributed by atoms with Crippen LogP contribution in [0.15, 0.2) is 91.0 Å². The van der Waals surface area contributed by atoms with Crippen molar-refractivity contribution in [2.24, 2.45) is 0 Å². The first-order chi connectivity index (χ1) is 19.5. The molecule has 0 aromatic heterocycles. The van der Waals surface area contributed by atoms with Crippen LogP contribution in [0, 0.1) is 0 Å². The van der Waals surface area contributed by atoms with Gasteiger partial charge in [0, 0.05) is 17.8 Å². The minimum Gasteiger partial charge on any atom is -0.300 e. The molecule has 0 fully saturated rings. The van der Waals surface area contributed by atoms with Gasteiger partial charge < -0.3 is 14.5 Å². The van der Waals surface area contributed by atoms with E-state index in [0.29, 0.717) is 0 Å². The van der Waals surface area contributed by atoms with Crippen LogP contribution in [0.4, 0.5) is 0 Å². The quantitative estimate of drug-likeness (QED) is 0.300. The molecule has 200 valence electrons. The lowest BCUT2D eigenvalue weighted by Crippen LogP contribution is -2.34. The normalized spacial score (nSPS) is 19.3. The summed E-state index contributed by atoms with van der Waals surface area (Å²) < 4.78 is 0. The van der Waals surface area contributed by atoms with Gasteiger partial charge in [-0.3, -0.25) is 14.4 Å². The summed E-state index contributed by atoms with van der Waals surface area (Å²) in [6.45, 7) is 0. The molecule has 0 radical (unpaired) electrons. The number of carbonyl (C=O) groups is 3. The van der Waals surface area contributed by atoms with Gasteiger partial charge in [0.2, 0.25) is 5.39 Å². The minimum absolute atomic E-state index is 0.0173. The molecule has 0 amide bonds. The smallest absolute Gasteiger partial charge is 0.300 e. The fraction of sp³-hybridized carbons (Fsp3) is 0.182. The molecule has 40 heavy (non-hydrogen) atoms. The third kappa shape index (κ3) is 5.51. The number of benzene rings is 3. The van der Waals surface area contributed by atoms with Crippen molar-refractivity contribution in [1.29, 1.82) is 0 Å². The summed E-state index contributed by atoms with van der Waals surface area (Å²) in [6, 6.07) is 23.3. The van der Waals surface area contributed by atoms with E-state index in [1.807, 2.05) is 109 Å². The zero-order valence-corrected chi connectivity index (χ0v) is 21.6. The van der Waals surface area contributed by atoms with E-state index in [1.54, 1.807) is 0 Å². The number of carbonyl (C=O) groups excluding carboxylic acids is 3. The molecule has 0 N–H and O–H groups in total. The molecular weight excluding hydrogens is 506 g/mol. The first-order valence-corrected chi connectivity index (χ1v) is 13.3. The van der Waals surface area contributed by atoms with Gasteiger partial charge in [-0.05, 0) is 33.4 Å². The second kappa shape index (κ2) is 11.2. The zero-order chi connectivity index (χ0) is 27.5. The summed E-state index contributed by atoms with van der Waals surface area (Å²) in [5, 5.41) is 0.271. The maximum absolute atomic E-state index is 12.9. The predicted octanol–water partition coefficient (Wildman–Crippen LogP) is 6.27. The third-order valence-electron chi connectivity index (χ3n) is 7.40. The van der Waals surface area contributed by atoms with E-state index >= 15 is 0 Å². The van der Waals surface area contributed by atoms with Gasteiger partial charge in [-0.2, -0.15) is 0 Å². The molecule has 0 saturated heterocycles. The lowest BCUT2D eigenvalue weighted by molar-refractivity contribution is -0.464. The predicted molar refractivity (Wildman–Crippen MR) is 149 cm³/mol. The Labute approximate surface area is 231 Å². The number of hydrogen-bond donors (Lipinski definition) is 0. The molecule has 0 heterocycles. The number of nitrogens with zero attached hydrogens (tertiary/aromatic N) is 1. The van der Waals surface area contributed by atoms with Gasteiger partial charge in [0.25, 0.3) is 0 Å². The van der Waals surface area contributed by atoms with Crippen LogP contribution < -0.4 is 0 Å². The van der Waals surface area contributed by atoms with Gasteiger partial charge in [-0.15, -0.1) is 0 Å². The summed E-state index contributed by atoms with van der Waals surface area (Å²) in [4.78, 5) is 54.5. The van der Waals surface area contributed by atoms with Gasteiger partial charge in [0.15, 0.2) is 0 Å². The van der Waals surface area contributed by atoms with Crippen LogP contribution in [0.5, 0.6) is 0 Å². The van der Waals surface area contributed by atoms with E-state index in [0.717, 1.165) is 33.4 Å². The maximum Gasteiger partial charge on any atom is 0.333 e. The van der Waals surface area contributed by atoms with E-state index < -0.39 is 17.9 Å². The molecule has 3 atom stereocenters. The van der Waals surface area contributed by atoms with Gasteiger partial charge >= 0.3 is 17.9 Å². The molecule has 3 aromatic carbocycles. The molecule has 7 heteroatoms. The number of hydrogen-bond acceptors (Lipinski definition) is 7. The second-order valence-corrected chi connectivity index (χ2v) is 10.0. The van der Waals surface area contributed by atoms with E-state index in [9.17, 15) is 14.4 Å². The van der Waals surface area contributed by atoms with Crippen molar-refractivity contribution in [2.45, 2.75) is 37.0 Å². The van der Waals surface area contributed by atoms with Crippen molar-refractivity contribution in [2.75, 3.05) is 0 Å². The summed E-state index contributed by atoms with van der Waals surface area (Å²) in [5.41, 5.74) is 6.09. The lowest BCUT2D eigenvalue weighted by atomic mass is 9.98. The molecule has 7 nitrogen and oxygen atoms in total. The SMILES string of the molecule is O=C(CC1C=Cc2ccccc21)ON(OC(=O)CC1C=Cc2ccccc21)OC(=O)CC1C=Cc2ccccc21. The Kier molecular flexibility index (Phi) is 7.12. The molecule has 0 bridgehead atoms. The van der Waals surface area contributed by atoms with Crippen molar-refractivity contribution >= 4 is 36.1 Å². The molecule has 0 spiro atoms. The van der Waals surface area contributed by atoms with Crippen LogP contribution in [0.2, 0.25) is 0 Å². The van der Waals surface area contributed by atoms with Crippen molar-refractivity contribution in [1.82, 2.24) is 5.39 Å². The highest BCUT2D eigenvalue weighted by Gasteiger charge is 2.30. The van der Waals surface area contributed by atoms with Gasteiger partial charge in [0.1, 0.15) is 0 Å². The lowest BCUT2D eigenvalue weighted by Gasteiger charge is -2.20. The molecule has 0 saturated carbocycles. The van der Waals surface area contributed by atoms with E-state index in [1.165, 1.54) is 0 Å². The Morgan fingerprint density at radius 2 is 0.800 bits per heavy atom. The molecule has 0 aliphatic heterocycles. The fourth-order valence-corrected chi connectivity index (χ4v) is 5.46. The van der Waals surface area contributed by atoms with E-state index in [2.05, 4.69) is 0 Å². The summed E-state index contributed by atoms with van der Waals surface area (Å²) in [7, 11) is 0. The highest BCUT2D eigenvalue weighted by molar-refractivity contribution is 5.76. The largest absolute Gasteiger partial charge is 0.333 e. The van der Waals surface area contributed by atoms with Crippen LogP contribution in [0.1, 0.15) is 70.4 Å². The van der Waals surface area contributed by atoms with E-state index in [4.69, 9.17) is 14.5 Å².